The van der Waals surface area contributed by atoms with E-state index in [1.807, 2.05) is 0 Å². The van der Waals surface area contributed by atoms with E-state index in [0.717, 1.165) is 18.8 Å². The molecule has 1 spiro atoms. The van der Waals surface area contributed by atoms with E-state index in [1.54, 1.807) is 27.8 Å². The molecule has 132 valence electrons. The Morgan fingerprint density at radius 3 is 2.38 bits per heavy atom. The zero-order chi connectivity index (χ0) is 17.7. The fraction of sp³-hybridized carbons (Fsp3) is 0.385. The Hall–Kier alpha value is -2.08. The Morgan fingerprint density at radius 1 is 0.962 bits per heavy atom. The van der Waals surface area contributed by atoms with Gasteiger partial charge in [-0.05, 0) is 77.3 Å². The van der Waals surface area contributed by atoms with Crippen molar-refractivity contribution < 1.29 is 0 Å². The van der Waals surface area contributed by atoms with Crippen LogP contribution in [0, 0.1) is 11.8 Å². The molecule has 0 radical (unpaired) electrons. The molecule has 3 aliphatic carbocycles. The van der Waals surface area contributed by atoms with Gasteiger partial charge in [-0.15, -0.1) is 0 Å². The molecule has 0 nitrogen and oxygen atoms in total. The van der Waals surface area contributed by atoms with Gasteiger partial charge in [0.1, 0.15) is 0 Å². The van der Waals surface area contributed by atoms with Crippen molar-refractivity contribution in [2.75, 3.05) is 0 Å². The minimum atomic E-state index is 0.179. The molecule has 1 unspecified atom stereocenters. The molecule has 0 fully saturated rings. The quantitative estimate of drug-likeness (QED) is 0.585. The number of hydrogen-bond donors (Lipinski definition) is 0. The molecule has 5 rings (SSSR count). The molecule has 0 saturated carbocycles. The molecule has 2 aromatic rings. The molecule has 26 heavy (non-hydrogen) atoms. The lowest BCUT2D eigenvalue weighted by atomic mass is 9.75. The summed E-state index contributed by atoms with van der Waals surface area (Å²) in [6.45, 7) is 4.71. The zero-order valence-corrected chi connectivity index (χ0v) is 16.0. The lowest BCUT2D eigenvalue weighted by Gasteiger charge is -2.27. The van der Waals surface area contributed by atoms with Crippen molar-refractivity contribution >= 4 is 5.57 Å². The van der Waals surface area contributed by atoms with Crippen molar-refractivity contribution in [3.8, 4) is 0 Å². The first-order valence-electron chi connectivity index (χ1n) is 10.3. The zero-order valence-electron chi connectivity index (χ0n) is 16.0. The van der Waals surface area contributed by atoms with E-state index < -0.39 is 0 Å². The smallest absolute Gasteiger partial charge is 0.0292 e. The molecular weight excluding hydrogens is 312 g/mol. The molecule has 1 atom stereocenters. The molecule has 0 aromatic heterocycles. The first kappa shape index (κ1) is 16.1. The molecule has 0 heterocycles. The van der Waals surface area contributed by atoms with Crippen molar-refractivity contribution in [2.45, 2.75) is 51.4 Å². The van der Waals surface area contributed by atoms with Crippen molar-refractivity contribution in [3.63, 3.8) is 0 Å². The maximum absolute atomic E-state index is 2.63. The summed E-state index contributed by atoms with van der Waals surface area (Å²) in [6.07, 6.45) is 11.4. The van der Waals surface area contributed by atoms with Crippen LogP contribution in [0.3, 0.4) is 0 Å². The van der Waals surface area contributed by atoms with Crippen LogP contribution in [0.5, 0.6) is 0 Å². The van der Waals surface area contributed by atoms with Gasteiger partial charge in [-0.25, -0.2) is 0 Å². The van der Waals surface area contributed by atoms with Crippen LogP contribution in [0.2, 0.25) is 0 Å². The molecule has 0 bridgehead atoms. The van der Waals surface area contributed by atoms with Crippen LogP contribution in [0.25, 0.3) is 5.57 Å². The molecule has 0 saturated heterocycles. The van der Waals surface area contributed by atoms with E-state index in [2.05, 4.69) is 74.5 Å². The summed E-state index contributed by atoms with van der Waals surface area (Å²) >= 11 is 0. The minimum absolute atomic E-state index is 0.179. The van der Waals surface area contributed by atoms with Gasteiger partial charge in [0.15, 0.2) is 0 Å². The van der Waals surface area contributed by atoms with Crippen LogP contribution >= 0.6 is 0 Å². The predicted octanol–water partition coefficient (Wildman–Crippen LogP) is 6.50. The highest BCUT2D eigenvalue weighted by molar-refractivity contribution is 5.91. The molecular formula is C26H28. The normalized spacial score (nSPS) is 22.5. The van der Waals surface area contributed by atoms with Gasteiger partial charge in [-0.2, -0.15) is 0 Å². The van der Waals surface area contributed by atoms with E-state index in [9.17, 15) is 0 Å². The van der Waals surface area contributed by atoms with Gasteiger partial charge in [0.2, 0.25) is 0 Å². The average molecular weight is 341 g/mol. The summed E-state index contributed by atoms with van der Waals surface area (Å²) in [5, 5.41) is 0. The van der Waals surface area contributed by atoms with Crippen LogP contribution in [0.1, 0.15) is 55.4 Å². The van der Waals surface area contributed by atoms with E-state index in [0.29, 0.717) is 5.92 Å². The largest absolute Gasteiger partial charge is 0.0798 e. The summed E-state index contributed by atoms with van der Waals surface area (Å²) in [7, 11) is 0. The van der Waals surface area contributed by atoms with Crippen LogP contribution in [-0.4, -0.2) is 0 Å². The van der Waals surface area contributed by atoms with Crippen LogP contribution in [0.15, 0.2) is 66.3 Å². The van der Waals surface area contributed by atoms with Crippen LogP contribution in [-0.2, 0) is 18.3 Å². The minimum Gasteiger partial charge on any atom is -0.0798 e. The Morgan fingerprint density at radius 2 is 1.65 bits per heavy atom. The number of benzene rings is 2. The Labute approximate surface area is 157 Å². The highest BCUT2D eigenvalue weighted by Crippen LogP contribution is 2.57. The molecule has 0 heteroatoms. The third kappa shape index (κ3) is 2.35. The van der Waals surface area contributed by atoms with E-state index in [-0.39, 0.29) is 5.41 Å². The lowest BCUT2D eigenvalue weighted by Crippen LogP contribution is -2.25. The summed E-state index contributed by atoms with van der Waals surface area (Å²) in [5.41, 5.74) is 9.53. The first-order chi connectivity index (χ1) is 12.7. The Balaban J connectivity index is 1.66. The van der Waals surface area contributed by atoms with Gasteiger partial charge in [-0.3, -0.25) is 0 Å². The second-order valence-electron chi connectivity index (χ2n) is 8.92. The number of rotatable bonds is 2. The predicted molar refractivity (Wildman–Crippen MR) is 110 cm³/mol. The summed E-state index contributed by atoms with van der Waals surface area (Å²) in [6, 6.07) is 18.3. The highest BCUT2D eigenvalue weighted by Gasteiger charge is 2.49. The first-order valence-corrected chi connectivity index (χ1v) is 10.3. The standard InChI is InChI=1S/C26H28/c1-18(2)14-19-8-7-13-25-23(15-19)22-11-5-6-12-24(22)26(25)16-20-9-3-4-10-21(20)17-26/h3-6,9-13,15,18-19H,7-8,14,16-17H2,1-2H3. The second kappa shape index (κ2) is 5.98. The molecule has 2 aromatic carbocycles. The van der Waals surface area contributed by atoms with Gasteiger partial charge >= 0.3 is 0 Å². The number of hydrogen-bond acceptors (Lipinski definition) is 0. The van der Waals surface area contributed by atoms with Gasteiger partial charge < -0.3 is 0 Å². The molecule has 0 amide bonds. The van der Waals surface area contributed by atoms with Crippen molar-refractivity contribution in [1.82, 2.24) is 0 Å². The molecule has 0 aliphatic heterocycles. The fourth-order valence-electron chi connectivity index (χ4n) is 5.72. The van der Waals surface area contributed by atoms with Gasteiger partial charge in [0.05, 0.1) is 0 Å². The van der Waals surface area contributed by atoms with Crippen molar-refractivity contribution in [2.24, 2.45) is 11.8 Å². The van der Waals surface area contributed by atoms with Gasteiger partial charge in [0.25, 0.3) is 0 Å². The molecule has 0 N–H and O–H groups in total. The van der Waals surface area contributed by atoms with Crippen LogP contribution in [0.4, 0.5) is 0 Å². The fourth-order valence-corrected chi connectivity index (χ4v) is 5.72. The van der Waals surface area contributed by atoms with Crippen LogP contribution < -0.4 is 0 Å². The Kier molecular flexibility index (Phi) is 3.71. The summed E-state index contributed by atoms with van der Waals surface area (Å²) in [4.78, 5) is 0. The van der Waals surface area contributed by atoms with Gasteiger partial charge in [-0.1, -0.05) is 74.5 Å². The topological polar surface area (TPSA) is 0 Å². The van der Waals surface area contributed by atoms with E-state index >= 15 is 0 Å². The monoisotopic (exact) mass is 340 g/mol. The van der Waals surface area contributed by atoms with Gasteiger partial charge in [0, 0.05) is 5.41 Å². The van der Waals surface area contributed by atoms with E-state index in [4.69, 9.17) is 0 Å². The number of allylic oxidation sites excluding steroid dienone is 4. The average Bonchev–Trinajstić information content (AvgIpc) is 3.04. The second-order valence-corrected chi connectivity index (χ2v) is 8.92. The number of fused-ring (bicyclic) bond motifs is 6. The SMILES string of the molecule is CC(C)CC1C=C2C(=CCC1)C1(Cc3ccccc3C1)c1ccccc12. The summed E-state index contributed by atoms with van der Waals surface area (Å²) < 4.78 is 0. The lowest BCUT2D eigenvalue weighted by molar-refractivity contribution is 0.456. The maximum Gasteiger partial charge on any atom is 0.0292 e. The Bertz CT molecular complexity index is 884. The third-order valence-electron chi connectivity index (χ3n) is 6.70. The highest BCUT2D eigenvalue weighted by atomic mass is 14.5. The molecule has 3 aliphatic rings. The maximum atomic E-state index is 2.63. The summed E-state index contributed by atoms with van der Waals surface area (Å²) in [5.74, 6) is 1.48. The third-order valence-corrected chi connectivity index (χ3v) is 6.70. The van der Waals surface area contributed by atoms with Crippen molar-refractivity contribution in [1.29, 1.82) is 0 Å². The van der Waals surface area contributed by atoms with Crippen molar-refractivity contribution in [3.05, 3.63) is 88.5 Å². The van der Waals surface area contributed by atoms with E-state index in [1.165, 1.54) is 24.8 Å².